The summed E-state index contributed by atoms with van der Waals surface area (Å²) in [5.74, 6) is -0.255. The smallest absolute Gasteiger partial charge is 0.236 e. The molecule has 0 unspecified atom stereocenters. The summed E-state index contributed by atoms with van der Waals surface area (Å²) < 4.78 is 14.5. The maximum Gasteiger partial charge on any atom is 0.236 e. The molecule has 5 nitrogen and oxygen atoms in total. The number of nitrogens with one attached hydrogen (secondary N) is 1. The lowest BCUT2D eigenvalue weighted by Crippen LogP contribution is -2.13. The van der Waals surface area contributed by atoms with E-state index in [1.165, 1.54) is 46.6 Å². The van der Waals surface area contributed by atoms with Crippen LogP contribution in [0.1, 0.15) is 0 Å². The number of hydrogen-bond donors (Lipinski definition) is 1. The van der Waals surface area contributed by atoms with Gasteiger partial charge in [0.2, 0.25) is 5.91 Å². The second-order valence-corrected chi connectivity index (χ2v) is 6.76. The highest BCUT2D eigenvalue weighted by atomic mass is 32.2. The summed E-state index contributed by atoms with van der Waals surface area (Å²) in [4.78, 5) is 16.0. The third kappa shape index (κ3) is 3.11. The molecular formula is C11H7FN4OS3. The Morgan fingerprint density at radius 1 is 1.45 bits per heavy atom. The van der Waals surface area contributed by atoms with Crippen LogP contribution < -0.4 is 5.32 Å². The quantitative estimate of drug-likeness (QED) is 0.747. The summed E-state index contributed by atoms with van der Waals surface area (Å²) in [6.07, 6.45) is 0. The molecule has 0 radical (unpaired) electrons. The number of benzene rings is 1. The molecule has 0 saturated carbocycles. The molecule has 0 saturated heterocycles. The first-order chi connectivity index (χ1) is 9.70. The Labute approximate surface area is 125 Å². The highest BCUT2D eigenvalue weighted by molar-refractivity contribution is 8.01. The summed E-state index contributed by atoms with van der Waals surface area (Å²) in [7, 11) is 0. The first-order valence-corrected chi connectivity index (χ1v) is 8.14. The molecular weight excluding hydrogens is 319 g/mol. The molecule has 9 heteroatoms. The van der Waals surface area contributed by atoms with Crippen LogP contribution in [0, 0.1) is 5.82 Å². The summed E-state index contributed by atoms with van der Waals surface area (Å²) in [5.41, 5.74) is 2.28. The van der Waals surface area contributed by atoms with Gasteiger partial charge in [0.15, 0.2) is 9.47 Å². The number of hydrogen-bond acceptors (Lipinski definition) is 7. The summed E-state index contributed by atoms with van der Waals surface area (Å²) in [6.45, 7) is 0. The van der Waals surface area contributed by atoms with Gasteiger partial charge in [-0.15, -0.1) is 10.2 Å². The third-order valence-corrected chi connectivity index (χ3v) is 5.06. The van der Waals surface area contributed by atoms with Crippen molar-refractivity contribution in [3.63, 3.8) is 0 Å². The maximum absolute atomic E-state index is 13.1. The van der Waals surface area contributed by atoms with Gasteiger partial charge in [0.25, 0.3) is 0 Å². The molecule has 0 aliphatic carbocycles. The topological polar surface area (TPSA) is 67.8 Å². The number of anilines is 1. The van der Waals surface area contributed by atoms with Crippen molar-refractivity contribution in [1.29, 1.82) is 0 Å². The van der Waals surface area contributed by atoms with Gasteiger partial charge < -0.3 is 5.32 Å². The monoisotopic (exact) mass is 326 g/mol. The first-order valence-electron chi connectivity index (χ1n) is 5.45. The lowest BCUT2D eigenvalue weighted by molar-refractivity contribution is -0.113. The standard InChI is InChI=1S/C11H7FN4OS3/c12-6-1-2-7-8(3-6)20-10(14-7)15-9(17)4-18-11-16-13-5-19-11/h1-3,5H,4H2,(H,14,15,17). The van der Waals surface area contributed by atoms with Gasteiger partial charge in [-0.05, 0) is 18.2 Å². The number of halogens is 1. The highest BCUT2D eigenvalue weighted by Gasteiger charge is 2.09. The van der Waals surface area contributed by atoms with Gasteiger partial charge in [0.1, 0.15) is 11.3 Å². The van der Waals surface area contributed by atoms with E-state index in [1.54, 1.807) is 11.6 Å². The van der Waals surface area contributed by atoms with E-state index >= 15 is 0 Å². The van der Waals surface area contributed by atoms with Crippen LogP contribution in [0.4, 0.5) is 9.52 Å². The molecule has 1 aromatic carbocycles. The molecule has 102 valence electrons. The Balaban J connectivity index is 1.65. The molecule has 20 heavy (non-hydrogen) atoms. The SMILES string of the molecule is O=C(CSc1nncs1)Nc1nc2ccc(F)cc2s1. The molecule has 1 N–H and O–H groups in total. The number of thiazole rings is 1. The Morgan fingerprint density at radius 2 is 2.35 bits per heavy atom. The number of carbonyl (C=O) groups excluding carboxylic acids is 1. The van der Waals surface area contributed by atoms with E-state index in [1.807, 2.05) is 0 Å². The number of amides is 1. The van der Waals surface area contributed by atoms with Crippen molar-refractivity contribution >= 4 is 55.7 Å². The van der Waals surface area contributed by atoms with E-state index in [2.05, 4.69) is 20.5 Å². The van der Waals surface area contributed by atoms with Crippen LogP contribution in [0.25, 0.3) is 10.2 Å². The van der Waals surface area contributed by atoms with E-state index in [0.29, 0.717) is 15.3 Å². The first kappa shape index (κ1) is 13.4. The number of fused-ring (bicyclic) bond motifs is 1. The van der Waals surface area contributed by atoms with Crippen LogP contribution in [0.2, 0.25) is 0 Å². The normalized spacial score (nSPS) is 10.8. The van der Waals surface area contributed by atoms with Crippen LogP contribution >= 0.6 is 34.4 Å². The molecule has 2 aromatic heterocycles. The summed E-state index contributed by atoms with van der Waals surface area (Å²) in [6, 6.07) is 4.34. The lowest BCUT2D eigenvalue weighted by Gasteiger charge is -1.98. The Morgan fingerprint density at radius 3 is 3.15 bits per heavy atom. The van der Waals surface area contributed by atoms with Gasteiger partial charge in [-0.3, -0.25) is 4.79 Å². The molecule has 3 rings (SSSR count). The zero-order valence-electron chi connectivity index (χ0n) is 9.87. The summed E-state index contributed by atoms with van der Waals surface area (Å²) >= 11 is 3.94. The molecule has 0 fully saturated rings. The zero-order chi connectivity index (χ0) is 13.9. The van der Waals surface area contributed by atoms with Crippen LogP contribution in [0.3, 0.4) is 0 Å². The van der Waals surface area contributed by atoms with Gasteiger partial charge in [0.05, 0.1) is 16.0 Å². The van der Waals surface area contributed by atoms with Gasteiger partial charge in [-0.25, -0.2) is 9.37 Å². The minimum atomic E-state index is -0.314. The van der Waals surface area contributed by atoms with Crippen LogP contribution in [0.15, 0.2) is 28.0 Å². The van der Waals surface area contributed by atoms with Gasteiger partial charge in [-0.2, -0.15) is 0 Å². The predicted octanol–water partition coefficient (Wildman–Crippen LogP) is 3.02. The van der Waals surface area contributed by atoms with Crippen molar-refractivity contribution in [3.8, 4) is 0 Å². The second-order valence-electron chi connectivity index (χ2n) is 3.67. The van der Waals surface area contributed by atoms with E-state index < -0.39 is 0 Å². The number of nitrogens with zero attached hydrogens (tertiary/aromatic N) is 3. The van der Waals surface area contributed by atoms with Crippen molar-refractivity contribution in [1.82, 2.24) is 15.2 Å². The number of rotatable bonds is 4. The average Bonchev–Trinajstić information content (AvgIpc) is 3.04. The fourth-order valence-electron chi connectivity index (χ4n) is 1.46. The van der Waals surface area contributed by atoms with Crippen LogP contribution in [-0.4, -0.2) is 26.8 Å². The zero-order valence-corrected chi connectivity index (χ0v) is 12.3. The highest BCUT2D eigenvalue weighted by Crippen LogP contribution is 2.27. The lowest BCUT2D eigenvalue weighted by atomic mass is 10.3. The van der Waals surface area contributed by atoms with Crippen molar-refractivity contribution in [3.05, 3.63) is 29.5 Å². The van der Waals surface area contributed by atoms with Crippen LogP contribution in [-0.2, 0) is 4.79 Å². The number of carbonyl (C=O) groups is 1. The average molecular weight is 326 g/mol. The molecule has 2 heterocycles. The largest absolute Gasteiger partial charge is 0.301 e. The maximum atomic E-state index is 13.1. The van der Waals surface area contributed by atoms with Gasteiger partial charge in [-0.1, -0.05) is 34.4 Å². The second kappa shape index (κ2) is 5.81. The minimum absolute atomic E-state index is 0.176. The van der Waals surface area contributed by atoms with Crippen molar-refractivity contribution in [2.45, 2.75) is 4.34 Å². The van der Waals surface area contributed by atoms with E-state index in [-0.39, 0.29) is 17.5 Å². The predicted molar refractivity (Wildman–Crippen MR) is 78.8 cm³/mol. The molecule has 0 aliphatic rings. The fraction of sp³-hybridized carbons (Fsp3) is 0.0909. The number of thioether (sulfide) groups is 1. The van der Waals surface area contributed by atoms with Gasteiger partial charge in [0, 0.05) is 0 Å². The van der Waals surface area contributed by atoms with Crippen molar-refractivity contribution in [2.75, 3.05) is 11.1 Å². The van der Waals surface area contributed by atoms with Crippen LogP contribution in [0.5, 0.6) is 0 Å². The molecule has 0 atom stereocenters. The molecule has 0 aliphatic heterocycles. The van der Waals surface area contributed by atoms with E-state index in [9.17, 15) is 9.18 Å². The summed E-state index contributed by atoms with van der Waals surface area (Å²) in [5, 5.41) is 10.7. The van der Waals surface area contributed by atoms with Crippen molar-refractivity contribution in [2.24, 2.45) is 0 Å². The van der Waals surface area contributed by atoms with E-state index in [0.717, 1.165) is 4.34 Å². The third-order valence-electron chi connectivity index (χ3n) is 2.26. The van der Waals surface area contributed by atoms with Gasteiger partial charge >= 0.3 is 0 Å². The molecule has 0 bridgehead atoms. The Hall–Kier alpha value is -1.58. The Kier molecular flexibility index (Phi) is 3.90. The fourth-order valence-corrected chi connectivity index (χ4v) is 3.66. The van der Waals surface area contributed by atoms with Crippen molar-refractivity contribution < 1.29 is 9.18 Å². The molecule has 3 aromatic rings. The minimum Gasteiger partial charge on any atom is -0.301 e. The molecule has 1 amide bonds. The number of aromatic nitrogens is 3. The van der Waals surface area contributed by atoms with E-state index in [4.69, 9.17) is 0 Å². The molecule has 0 spiro atoms. The Bertz CT molecular complexity index is 743.